The number of benzene rings is 2. The molecule has 1 N–H and O–H groups in total. The average molecular weight is 506 g/mol. The third-order valence-electron chi connectivity index (χ3n) is 5.24. The Balaban J connectivity index is 1.71. The van der Waals surface area contributed by atoms with Crippen LogP contribution in [0.25, 0.3) is 10.9 Å². The largest absolute Gasteiger partial charge is 0.324 e. The number of hydrogen-bond donors (Lipinski definition) is 1. The van der Waals surface area contributed by atoms with Gasteiger partial charge >= 0.3 is 0 Å². The van der Waals surface area contributed by atoms with E-state index in [0.29, 0.717) is 16.6 Å². The standard InChI is InChI=1S/C22H17Cl2N3O5S/c1-33(31,32)9-7-19(20(28)26-18-6-2-5-17-12(18)4-3-8-25-17)27-21(29)13-10-15(23)16(24)11-14(13)22(27)30/h2-6,8,10-11,19H,7,9H2,1H3,(H,26,28)/t19-/m1/s1. The van der Waals surface area contributed by atoms with Crippen LogP contribution in [0.1, 0.15) is 27.1 Å². The van der Waals surface area contributed by atoms with Crippen molar-refractivity contribution in [3.05, 3.63) is 69.8 Å². The molecule has 0 saturated carbocycles. The van der Waals surface area contributed by atoms with Crippen LogP contribution < -0.4 is 5.32 Å². The molecule has 0 spiro atoms. The summed E-state index contributed by atoms with van der Waals surface area (Å²) in [5.74, 6) is -2.61. The summed E-state index contributed by atoms with van der Waals surface area (Å²) < 4.78 is 23.6. The van der Waals surface area contributed by atoms with Crippen molar-refractivity contribution < 1.29 is 22.8 Å². The lowest BCUT2D eigenvalue weighted by Gasteiger charge is -2.25. The van der Waals surface area contributed by atoms with Gasteiger partial charge in [-0.3, -0.25) is 24.3 Å². The number of anilines is 1. The lowest BCUT2D eigenvalue weighted by atomic mass is 10.1. The predicted octanol–water partition coefficient (Wildman–Crippen LogP) is 3.58. The first kappa shape index (κ1) is 23.2. The van der Waals surface area contributed by atoms with E-state index < -0.39 is 39.4 Å². The zero-order valence-corrected chi connectivity index (χ0v) is 19.5. The lowest BCUT2D eigenvalue weighted by molar-refractivity contribution is -0.120. The molecule has 4 rings (SSSR count). The van der Waals surface area contributed by atoms with E-state index in [1.807, 2.05) is 0 Å². The average Bonchev–Trinajstić information content (AvgIpc) is 2.98. The van der Waals surface area contributed by atoms with Crippen LogP contribution in [0.4, 0.5) is 5.69 Å². The number of imide groups is 1. The number of fused-ring (bicyclic) bond motifs is 2. The molecular weight excluding hydrogens is 489 g/mol. The highest BCUT2D eigenvalue weighted by molar-refractivity contribution is 7.90. The third-order valence-corrected chi connectivity index (χ3v) is 6.94. The third kappa shape index (κ3) is 4.57. The Labute approximate surface area is 199 Å². The SMILES string of the molecule is CS(=O)(=O)CC[C@H](C(=O)Nc1cccc2ncccc12)N1C(=O)c2cc(Cl)c(Cl)cc2C1=O. The first-order valence-electron chi connectivity index (χ1n) is 9.76. The van der Waals surface area contributed by atoms with Crippen LogP contribution >= 0.6 is 23.2 Å². The molecule has 1 aromatic heterocycles. The first-order valence-corrected chi connectivity index (χ1v) is 12.6. The fraction of sp³-hybridized carbons (Fsp3) is 0.182. The highest BCUT2D eigenvalue weighted by atomic mass is 35.5. The number of halogens is 2. The Morgan fingerprint density at radius 2 is 1.70 bits per heavy atom. The van der Waals surface area contributed by atoms with Crippen molar-refractivity contribution in [3.63, 3.8) is 0 Å². The fourth-order valence-corrected chi connectivity index (χ4v) is 4.65. The summed E-state index contributed by atoms with van der Waals surface area (Å²) in [4.78, 5) is 44.4. The molecule has 33 heavy (non-hydrogen) atoms. The highest BCUT2D eigenvalue weighted by Gasteiger charge is 2.43. The van der Waals surface area contributed by atoms with Gasteiger partial charge in [0.25, 0.3) is 11.8 Å². The molecule has 1 aliphatic heterocycles. The maximum absolute atomic E-state index is 13.3. The second kappa shape index (κ2) is 8.74. The lowest BCUT2D eigenvalue weighted by Crippen LogP contribution is -2.48. The molecule has 170 valence electrons. The van der Waals surface area contributed by atoms with E-state index in [1.165, 1.54) is 12.1 Å². The number of amides is 3. The zero-order chi connectivity index (χ0) is 23.9. The summed E-state index contributed by atoms with van der Waals surface area (Å²) in [7, 11) is -3.49. The van der Waals surface area contributed by atoms with Gasteiger partial charge in [0, 0.05) is 17.8 Å². The molecular formula is C22H17Cl2N3O5S. The molecule has 1 atom stereocenters. The Bertz CT molecular complexity index is 1380. The molecule has 8 nitrogen and oxygen atoms in total. The molecule has 0 saturated heterocycles. The van der Waals surface area contributed by atoms with E-state index in [1.54, 1.807) is 36.5 Å². The Morgan fingerprint density at radius 3 is 2.30 bits per heavy atom. The predicted molar refractivity (Wildman–Crippen MR) is 125 cm³/mol. The minimum atomic E-state index is -3.49. The van der Waals surface area contributed by atoms with Gasteiger partial charge in [0.05, 0.1) is 38.1 Å². The van der Waals surface area contributed by atoms with Crippen LogP contribution in [0.2, 0.25) is 10.0 Å². The smallest absolute Gasteiger partial charge is 0.262 e. The fourth-order valence-electron chi connectivity index (χ4n) is 3.67. The van der Waals surface area contributed by atoms with Gasteiger partial charge in [-0.1, -0.05) is 29.3 Å². The number of carbonyl (C=O) groups is 3. The zero-order valence-electron chi connectivity index (χ0n) is 17.2. The van der Waals surface area contributed by atoms with Crippen molar-refractivity contribution in [2.24, 2.45) is 0 Å². The van der Waals surface area contributed by atoms with Gasteiger partial charge in [0.15, 0.2) is 0 Å². The monoisotopic (exact) mass is 505 g/mol. The van der Waals surface area contributed by atoms with Crippen LogP contribution in [0.15, 0.2) is 48.7 Å². The number of hydrogen-bond acceptors (Lipinski definition) is 6. The Morgan fingerprint density at radius 1 is 1.06 bits per heavy atom. The summed E-state index contributed by atoms with van der Waals surface area (Å²) in [5, 5.41) is 3.53. The molecule has 0 bridgehead atoms. The number of pyridine rings is 1. The van der Waals surface area contributed by atoms with Gasteiger partial charge in [-0.25, -0.2) is 8.42 Å². The molecule has 0 aliphatic carbocycles. The van der Waals surface area contributed by atoms with Gasteiger partial charge in [0.2, 0.25) is 5.91 Å². The summed E-state index contributed by atoms with van der Waals surface area (Å²) in [5.41, 5.74) is 1.05. The molecule has 0 unspecified atom stereocenters. The molecule has 0 radical (unpaired) electrons. The number of nitrogens with one attached hydrogen (secondary N) is 1. The van der Waals surface area contributed by atoms with Gasteiger partial charge in [-0.2, -0.15) is 0 Å². The molecule has 3 aromatic rings. The van der Waals surface area contributed by atoms with Crippen molar-refractivity contribution in [1.29, 1.82) is 0 Å². The first-order chi connectivity index (χ1) is 15.6. The van der Waals surface area contributed by atoms with E-state index in [-0.39, 0.29) is 27.6 Å². The van der Waals surface area contributed by atoms with E-state index in [0.717, 1.165) is 11.2 Å². The number of aromatic nitrogens is 1. The van der Waals surface area contributed by atoms with Crippen molar-refractivity contribution in [2.75, 3.05) is 17.3 Å². The molecule has 2 heterocycles. The van der Waals surface area contributed by atoms with Crippen molar-refractivity contribution >= 4 is 67.4 Å². The summed E-state index contributed by atoms with van der Waals surface area (Å²) >= 11 is 12.0. The summed E-state index contributed by atoms with van der Waals surface area (Å²) in [6, 6.07) is 9.73. The second-order valence-corrected chi connectivity index (χ2v) is 10.7. The maximum atomic E-state index is 13.3. The van der Waals surface area contributed by atoms with Crippen molar-refractivity contribution in [2.45, 2.75) is 12.5 Å². The number of rotatable bonds is 6. The van der Waals surface area contributed by atoms with Gasteiger partial charge in [0.1, 0.15) is 15.9 Å². The van der Waals surface area contributed by atoms with Crippen molar-refractivity contribution in [3.8, 4) is 0 Å². The Kier molecular flexibility index (Phi) is 6.13. The Hall–Kier alpha value is -3.01. The topological polar surface area (TPSA) is 114 Å². The van der Waals surface area contributed by atoms with Gasteiger partial charge < -0.3 is 5.32 Å². The molecule has 3 amide bonds. The number of nitrogens with zero attached hydrogens (tertiary/aromatic N) is 2. The van der Waals surface area contributed by atoms with E-state index >= 15 is 0 Å². The minimum absolute atomic E-state index is 0.000849. The van der Waals surface area contributed by atoms with E-state index in [2.05, 4.69) is 10.3 Å². The highest BCUT2D eigenvalue weighted by Crippen LogP contribution is 2.33. The number of sulfone groups is 1. The molecule has 11 heteroatoms. The van der Waals surface area contributed by atoms with E-state index in [9.17, 15) is 22.8 Å². The maximum Gasteiger partial charge on any atom is 0.262 e. The van der Waals surface area contributed by atoms with Crippen LogP contribution in [-0.2, 0) is 14.6 Å². The normalized spacial score (nSPS) is 14.5. The summed E-state index contributed by atoms with van der Waals surface area (Å²) in [6.07, 6.45) is 2.35. The molecule has 2 aromatic carbocycles. The van der Waals surface area contributed by atoms with Crippen LogP contribution in [-0.4, -0.2) is 54.1 Å². The van der Waals surface area contributed by atoms with Crippen LogP contribution in [0.5, 0.6) is 0 Å². The quantitative estimate of drug-likeness (QED) is 0.512. The van der Waals surface area contributed by atoms with Gasteiger partial charge in [-0.15, -0.1) is 0 Å². The van der Waals surface area contributed by atoms with Crippen LogP contribution in [0.3, 0.4) is 0 Å². The number of carbonyl (C=O) groups excluding carboxylic acids is 3. The second-order valence-electron chi connectivity index (χ2n) is 7.59. The minimum Gasteiger partial charge on any atom is -0.324 e. The summed E-state index contributed by atoms with van der Waals surface area (Å²) in [6.45, 7) is 0. The molecule has 0 fully saturated rings. The van der Waals surface area contributed by atoms with Crippen molar-refractivity contribution in [1.82, 2.24) is 9.88 Å². The van der Waals surface area contributed by atoms with Crippen LogP contribution in [0, 0.1) is 0 Å². The molecule has 1 aliphatic rings. The van der Waals surface area contributed by atoms with E-state index in [4.69, 9.17) is 23.2 Å². The van der Waals surface area contributed by atoms with Gasteiger partial charge in [-0.05, 0) is 42.8 Å².